The Kier molecular flexibility index (Phi) is 5.33. The fourth-order valence-electron chi connectivity index (χ4n) is 2.59. The minimum absolute atomic E-state index is 0.0130. The van der Waals surface area contributed by atoms with E-state index in [1.54, 1.807) is 11.8 Å². The number of ether oxygens (including phenoxy) is 1. The van der Waals surface area contributed by atoms with Crippen LogP contribution in [0.3, 0.4) is 0 Å². The van der Waals surface area contributed by atoms with Gasteiger partial charge in [0.15, 0.2) is 0 Å². The van der Waals surface area contributed by atoms with E-state index >= 15 is 0 Å². The normalized spacial score (nSPS) is 25.7. The van der Waals surface area contributed by atoms with Crippen LogP contribution < -0.4 is 10.6 Å². The van der Waals surface area contributed by atoms with Gasteiger partial charge in [-0.2, -0.15) is 0 Å². The molecule has 18 heavy (non-hydrogen) atoms. The minimum Gasteiger partial charge on any atom is -0.382 e. The maximum Gasteiger partial charge on any atom is 0.238 e. The fraction of sp³-hybridized carbons (Fsp3) is 0.923. The number of carbonyl (C=O) groups excluding carboxylic acids is 1. The Hall–Kier alpha value is -0.260. The van der Waals surface area contributed by atoms with Crippen LogP contribution in [-0.4, -0.2) is 43.3 Å². The fourth-order valence-corrected chi connectivity index (χ4v) is 3.53. The van der Waals surface area contributed by atoms with E-state index in [0.29, 0.717) is 5.41 Å². The number of amides is 1. The molecule has 2 N–H and O–H groups in total. The first-order chi connectivity index (χ1) is 8.76. The average molecular weight is 272 g/mol. The molecule has 2 aliphatic rings. The summed E-state index contributed by atoms with van der Waals surface area (Å²) in [5.41, 5.74) is 0.316. The molecule has 2 fully saturated rings. The SMILES string of the molecule is CCOCCC1(CNC(=O)C2CSCN2)CCC1. The Bertz CT molecular complexity index is 276. The molecule has 2 rings (SSSR count). The van der Waals surface area contributed by atoms with Gasteiger partial charge < -0.3 is 10.1 Å². The van der Waals surface area contributed by atoms with E-state index in [-0.39, 0.29) is 11.9 Å². The van der Waals surface area contributed by atoms with Crippen molar-refractivity contribution >= 4 is 17.7 Å². The van der Waals surface area contributed by atoms with Crippen molar-refractivity contribution in [1.82, 2.24) is 10.6 Å². The molecular formula is C13H24N2O2S. The van der Waals surface area contributed by atoms with Crippen LogP contribution in [0, 0.1) is 5.41 Å². The molecule has 0 aromatic heterocycles. The first kappa shape index (κ1) is 14.2. The highest BCUT2D eigenvalue weighted by Gasteiger charge is 2.37. The predicted octanol–water partition coefficient (Wildman–Crippen LogP) is 1.36. The molecule has 1 aliphatic carbocycles. The molecule has 1 amide bonds. The Labute approximate surface area is 114 Å². The first-order valence-corrected chi connectivity index (χ1v) is 8.08. The lowest BCUT2D eigenvalue weighted by Gasteiger charge is -2.42. The van der Waals surface area contributed by atoms with Crippen molar-refractivity contribution in [2.75, 3.05) is 31.4 Å². The van der Waals surface area contributed by atoms with Gasteiger partial charge in [-0.3, -0.25) is 10.1 Å². The van der Waals surface area contributed by atoms with Gasteiger partial charge in [0.05, 0.1) is 6.04 Å². The highest BCUT2D eigenvalue weighted by atomic mass is 32.2. The molecule has 0 spiro atoms. The molecular weight excluding hydrogens is 248 g/mol. The summed E-state index contributed by atoms with van der Waals surface area (Å²) in [5, 5.41) is 6.33. The number of thioether (sulfide) groups is 1. The van der Waals surface area contributed by atoms with E-state index in [9.17, 15) is 4.79 Å². The largest absolute Gasteiger partial charge is 0.382 e. The summed E-state index contributed by atoms with van der Waals surface area (Å²) in [7, 11) is 0. The summed E-state index contributed by atoms with van der Waals surface area (Å²) in [6, 6.07) is 0.0130. The monoisotopic (exact) mass is 272 g/mol. The second-order valence-corrected chi connectivity index (χ2v) is 6.32. The molecule has 104 valence electrons. The van der Waals surface area contributed by atoms with Crippen LogP contribution in [-0.2, 0) is 9.53 Å². The molecule has 0 aromatic carbocycles. The summed E-state index contributed by atoms with van der Waals surface area (Å²) in [4.78, 5) is 11.9. The van der Waals surface area contributed by atoms with Gasteiger partial charge >= 0.3 is 0 Å². The van der Waals surface area contributed by atoms with Gasteiger partial charge in [-0.15, -0.1) is 11.8 Å². The average Bonchev–Trinajstić information content (AvgIpc) is 2.85. The summed E-state index contributed by atoms with van der Waals surface area (Å²) in [6.07, 6.45) is 4.83. The van der Waals surface area contributed by atoms with E-state index in [2.05, 4.69) is 10.6 Å². The summed E-state index contributed by atoms with van der Waals surface area (Å²) in [5.74, 6) is 1.97. The summed E-state index contributed by atoms with van der Waals surface area (Å²) < 4.78 is 5.44. The zero-order valence-electron chi connectivity index (χ0n) is 11.2. The lowest BCUT2D eigenvalue weighted by molar-refractivity contribution is -0.123. The summed E-state index contributed by atoms with van der Waals surface area (Å²) >= 11 is 1.79. The molecule has 5 heteroatoms. The maximum absolute atomic E-state index is 11.9. The topological polar surface area (TPSA) is 50.4 Å². The minimum atomic E-state index is 0.0130. The van der Waals surface area contributed by atoms with Gasteiger partial charge in [0, 0.05) is 31.4 Å². The third kappa shape index (κ3) is 3.62. The third-order valence-electron chi connectivity index (χ3n) is 4.07. The summed E-state index contributed by atoms with van der Waals surface area (Å²) in [6.45, 7) is 4.45. The van der Waals surface area contributed by atoms with E-state index in [0.717, 1.165) is 37.8 Å². The number of nitrogens with one attached hydrogen (secondary N) is 2. The van der Waals surface area contributed by atoms with Gasteiger partial charge in [0.2, 0.25) is 5.91 Å². The molecule has 0 aromatic rings. The lowest BCUT2D eigenvalue weighted by Crippen LogP contribution is -2.48. The smallest absolute Gasteiger partial charge is 0.238 e. The standard InChI is InChI=1S/C13H24N2O2S/c1-2-17-7-6-13(4-3-5-13)9-14-12(16)11-8-18-10-15-11/h11,15H,2-10H2,1H3,(H,14,16). The second kappa shape index (κ2) is 6.78. The third-order valence-corrected chi connectivity index (χ3v) is 5.01. The van der Waals surface area contributed by atoms with E-state index in [1.165, 1.54) is 19.3 Å². The molecule has 1 aliphatic heterocycles. The zero-order chi connectivity index (χ0) is 12.8. The van der Waals surface area contributed by atoms with Gasteiger partial charge in [0.25, 0.3) is 0 Å². The highest BCUT2D eigenvalue weighted by Crippen LogP contribution is 2.43. The Morgan fingerprint density at radius 1 is 1.56 bits per heavy atom. The van der Waals surface area contributed by atoms with Gasteiger partial charge in [-0.05, 0) is 31.6 Å². The number of hydrogen-bond acceptors (Lipinski definition) is 4. The second-order valence-electron chi connectivity index (χ2n) is 5.29. The van der Waals surface area contributed by atoms with Gasteiger partial charge in [-0.25, -0.2) is 0 Å². The van der Waals surface area contributed by atoms with E-state index in [4.69, 9.17) is 4.74 Å². The molecule has 1 saturated heterocycles. The zero-order valence-corrected chi connectivity index (χ0v) is 12.0. The van der Waals surface area contributed by atoms with Crippen LogP contribution in [0.2, 0.25) is 0 Å². The molecule has 1 unspecified atom stereocenters. The number of hydrogen-bond donors (Lipinski definition) is 2. The van der Waals surface area contributed by atoms with Crippen molar-refractivity contribution in [1.29, 1.82) is 0 Å². The van der Waals surface area contributed by atoms with Crippen molar-refractivity contribution in [3.63, 3.8) is 0 Å². The number of rotatable bonds is 7. The quantitative estimate of drug-likeness (QED) is 0.687. The van der Waals surface area contributed by atoms with Crippen LogP contribution in [0.25, 0.3) is 0 Å². The van der Waals surface area contributed by atoms with E-state index in [1.807, 2.05) is 6.92 Å². The lowest BCUT2D eigenvalue weighted by atomic mass is 9.66. The Morgan fingerprint density at radius 3 is 2.94 bits per heavy atom. The van der Waals surface area contributed by atoms with Crippen LogP contribution in [0.15, 0.2) is 0 Å². The Morgan fingerprint density at radius 2 is 2.39 bits per heavy atom. The molecule has 1 atom stereocenters. The molecule has 1 heterocycles. The van der Waals surface area contributed by atoms with Crippen molar-refractivity contribution in [3.8, 4) is 0 Å². The van der Waals surface area contributed by atoms with Crippen LogP contribution in [0.5, 0.6) is 0 Å². The van der Waals surface area contributed by atoms with Crippen LogP contribution in [0.1, 0.15) is 32.6 Å². The van der Waals surface area contributed by atoms with Crippen molar-refractivity contribution in [2.45, 2.75) is 38.6 Å². The van der Waals surface area contributed by atoms with Crippen molar-refractivity contribution < 1.29 is 9.53 Å². The number of carbonyl (C=O) groups is 1. The Balaban J connectivity index is 1.70. The molecule has 1 saturated carbocycles. The predicted molar refractivity (Wildman–Crippen MR) is 74.7 cm³/mol. The molecule has 0 bridgehead atoms. The van der Waals surface area contributed by atoms with Gasteiger partial charge in [-0.1, -0.05) is 6.42 Å². The van der Waals surface area contributed by atoms with Gasteiger partial charge in [0.1, 0.15) is 0 Å². The maximum atomic E-state index is 11.9. The molecule has 0 radical (unpaired) electrons. The first-order valence-electron chi connectivity index (χ1n) is 6.92. The molecule has 4 nitrogen and oxygen atoms in total. The van der Waals surface area contributed by atoms with Crippen molar-refractivity contribution in [3.05, 3.63) is 0 Å². The van der Waals surface area contributed by atoms with Crippen LogP contribution in [0.4, 0.5) is 0 Å². The van der Waals surface area contributed by atoms with Crippen LogP contribution >= 0.6 is 11.8 Å². The highest BCUT2D eigenvalue weighted by molar-refractivity contribution is 7.99. The van der Waals surface area contributed by atoms with E-state index < -0.39 is 0 Å². The van der Waals surface area contributed by atoms with Crippen molar-refractivity contribution in [2.24, 2.45) is 5.41 Å².